The Bertz CT molecular complexity index is 752. The van der Waals surface area contributed by atoms with Gasteiger partial charge in [-0.25, -0.2) is 9.97 Å². The molecular formula is C14H10BrClN4. The highest BCUT2D eigenvalue weighted by Crippen LogP contribution is 2.29. The van der Waals surface area contributed by atoms with E-state index in [1.165, 1.54) is 0 Å². The fourth-order valence-electron chi connectivity index (χ4n) is 1.93. The zero-order valence-electron chi connectivity index (χ0n) is 10.3. The number of anilines is 1. The lowest BCUT2D eigenvalue weighted by molar-refractivity contribution is 1.05. The van der Waals surface area contributed by atoms with Gasteiger partial charge in [0.1, 0.15) is 5.82 Å². The van der Waals surface area contributed by atoms with Gasteiger partial charge in [0.05, 0.1) is 23.9 Å². The highest BCUT2D eigenvalue weighted by atomic mass is 79.9. The first kappa shape index (κ1) is 13.1. The Balaban J connectivity index is 2.15. The molecule has 0 saturated heterocycles. The molecule has 2 N–H and O–H groups in total. The highest BCUT2D eigenvalue weighted by Gasteiger charge is 2.10. The van der Waals surface area contributed by atoms with E-state index in [4.69, 9.17) is 17.3 Å². The highest BCUT2D eigenvalue weighted by molar-refractivity contribution is 9.10. The Labute approximate surface area is 129 Å². The van der Waals surface area contributed by atoms with E-state index >= 15 is 0 Å². The molecule has 0 aliphatic rings. The number of nitrogen functional groups attached to an aromatic ring is 1. The number of halogens is 2. The molecule has 0 aliphatic heterocycles. The van der Waals surface area contributed by atoms with Gasteiger partial charge >= 0.3 is 0 Å². The molecule has 6 heteroatoms. The maximum absolute atomic E-state index is 6.07. The first-order valence-electron chi connectivity index (χ1n) is 5.85. The number of nitrogens with two attached hydrogens (primary N) is 1. The summed E-state index contributed by atoms with van der Waals surface area (Å²) in [5.41, 5.74) is 8.38. The summed E-state index contributed by atoms with van der Waals surface area (Å²) in [6.07, 6.45) is 5.24. The topological polar surface area (TPSA) is 56.7 Å². The quantitative estimate of drug-likeness (QED) is 0.762. The number of benzene rings is 1. The molecule has 100 valence electrons. The molecule has 0 atom stereocenters. The lowest BCUT2D eigenvalue weighted by atomic mass is 10.2. The predicted molar refractivity (Wildman–Crippen MR) is 83.9 cm³/mol. The van der Waals surface area contributed by atoms with Crippen molar-refractivity contribution in [2.45, 2.75) is 0 Å². The van der Waals surface area contributed by atoms with Crippen molar-refractivity contribution in [2.75, 3.05) is 5.73 Å². The van der Waals surface area contributed by atoms with Crippen LogP contribution in [0.4, 0.5) is 5.82 Å². The third-order valence-electron chi connectivity index (χ3n) is 2.89. The molecule has 2 heterocycles. The molecule has 0 aliphatic carbocycles. The molecule has 20 heavy (non-hydrogen) atoms. The maximum atomic E-state index is 6.07. The number of pyridine rings is 1. The normalized spacial score (nSPS) is 10.7. The molecule has 0 bridgehead atoms. The van der Waals surface area contributed by atoms with Crippen molar-refractivity contribution in [2.24, 2.45) is 0 Å². The van der Waals surface area contributed by atoms with Gasteiger partial charge in [0.15, 0.2) is 0 Å². The molecule has 4 nitrogen and oxygen atoms in total. The molecule has 2 aromatic heterocycles. The second-order valence-corrected chi connectivity index (χ2v) is 5.51. The summed E-state index contributed by atoms with van der Waals surface area (Å²) >= 11 is 9.60. The Morgan fingerprint density at radius 1 is 1.15 bits per heavy atom. The smallest absolute Gasteiger partial charge is 0.123 e. The molecule has 1 aromatic carbocycles. The van der Waals surface area contributed by atoms with Gasteiger partial charge in [-0.3, -0.25) is 4.57 Å². The summed E-state index contributed by atoms with van der Waals surface area (Å²) < 4.78 is 2.88. The zero-order chi connectivity index (χ0) is 14.1. The van der Waals surface area contributed by atoms with Crippen molar-refractivity contribution in [3.8, 4) is 16.9 Å². The Morgan fingerprint density at radius 3 is 2.75 bits per heavy atom. The van der Waals surface area contributed by atoms with Crippen LogP contribution in [-0.2, 0) is 0 Å². The van der Waals surface area contributed by atoms with Gasteiger partial charge in [0.2, 0.25) is 0 Å². The van der Waals surface area contributed by atoms with E-state index in [9.17, 15) is 0 Å². The summed E-state index contributed by atoms with van der Waals surface area (Å²) in [6, 6.07) is 9.29. The second kappa shape index (κ2) is 5.26. The van der Waals surface area contributed by atoms with Gasteiger partial charge in [0, 0.05) is 21.3 Å². The summed E-state index contributed by atoms with van der Waals surface area (Å²) in [5, 5.41) is 0.665. The van der Waals surface area contributed by atoms with Crippen molar-refractivity contribution in [1.29, 1.82) is 0 Å². The van der Waals surface area contributed by atoms with Crippen LogP contribution in [0.5, 0.6) is 0 Å². The predicted octanol–water partition coefficient (Wildman–Crippen LogP) is 3.93. The number of hydrogen-bond acceptors (Lipinski definition) is 3. The van der Waals surface area contributed by atoms with Crippen molar-refractivity contribution in [3.63, 3.8) is 0 Å². The molecule has 0 spiro atoms. The average Bonchev–Trinajstić information content (AvgIpc) is 2.91. The summed E-state index contributed by atoms with van der Waals surface area (Å²) in [6.45, 7) is 0. The number of hydrogen-bond donors (Lipinski definition) is 1. The number of aromatic nitrogens is 3. The van der Waals surface area contributed by atoms with Crippen molar-refractivity contribution >= 4 is 33.3 Å². The largest absolute Gasteiger partial charge is 0.384 e. The average molecular weight is 350 g/mol. The molecule has 0 saturated carbocycles. The van der Waals surface area contributed by atoms with E-state index in [1.807, 2.05) is 28.8 Å². The van der Waals surface area contributed by atoms with Crippen LogP contribution in [0, 0.1) is 0 Å². The third kappa shape index (κ3) is 2.42. The number of imidazole rings is 1. The van der Waals surface area contributed by atoms with E-state index in [0.717, 1.165) is 21.4 Å². The van der Waals surface area contributed by atoms with E-state index in [0.29, 0.717) is 10.8 Å². The maximum Gasteiger partial charge on any atom is 0.123 e. The fourth-order valence-corrected chi connectivity index (χ4v) is 2.53. The van der Waals surface area contributed by atoms with Crippen LogP contribution >= 0.6 is 27.5 Å². The summed E-state index contributed by atoms with van der Waals surface area (Å²) in [4.78, 5) is 8.32. The van der Waals surface area contributed by atoms with E-state index in [2.05, 4.69) is 25.9 Å². The second-order valence-electron chi connectivity index (χ2n) is 4.22. The standard InChI is InChI=1S/C14H10BrClN4/c15-11-3-2-10(16)5-12(11)20-8-18-7-13(20)9-1-4-14(17)19-6-9/h1-8H,(H2,17,19). The van der Waals surface area contributed by atoms with Crippen molar-refractivity contribution in [1.82, 2.24) is 14.5 Å². The minimum Gasteiger partial charge on any atom is -0.384 e. The van der Waals surface area contributed by atoms with Gasteiger partial charge in [-0.1, -0.05) is 11.6 Å². The molecule has 0 fully saturated rings. The summed E-state index contributed by atoms with van der Waals surface area (Å²) in [5.74, 6) is 0.490. The van der Waals surface area contributed by atoms with Gasteiger partial charge in [-0.05, 0) is 46.3 Å². The molecular weight excluding hydrogens is 340 g/mol. The number of nitrogens with zero attached hydrogens (tertiary/aromatic N) is 3. The van der Waals surface area contributed by atoms with Crippen LogP contribution in [0.2, 0.25) is 5.02 Å². The van der Waals surface area contributed by atoms with E-state index < -0.39 is 0 Å². The van der Waals surface area contributed by atoms with Crippen LogP contribution in [0.15, 0.2) is 53.5 Å². The SMILES string of the molecule is Nc1ccc(-c2cncn2-c2cc(Cl)ccc2Br)cn1. The molecule has 0 unspecified atom stereocenters. The Kier molecular flexibility index (Phi) is 3.46. The van der Waals surface area contributed by atoms with Gasteiger partial charge in [-0.2, -0.15) is 0 Å². The van der Waals surface area contributed by atoms with Crippen molar-refractivity contribution < 1.29 is 0 Å². The van der Waals surface area contributed by atoms with Gasteiger partial charge in [0.25, 0.3) is 0 Å². The minimum absolute atomic E-state index is 0.490. The monoisotopic (exact) mass is 348 g/mol. The number of rotatable bonds is 2. The van der Waals surface area contributed by atoms with Crippen molar-refractivity contribution in [3.05, 3.63) is 58.5 Å². The first-order chi connectivity index (χ1) is 9.65. The van der Waals surface area contributed by atoms with Crippen LogP contribution in [0.3, 0.4) is 0 Å². The fraction of sp³-hybridized carbons (Fsp3) is 0. The first-order valence-corrected chi connectivity index (χ1v) is 7.02. The summed E-state index contributed by atoms with van der Waals surface area (Å²) in [7, 11) is 0. The molecule has 0 amide bonds. The van der Waals surface area contributed by atoms with Crippen LogP contribution in [-0.4, -0.2) is 14.5 Å². The van der Waals surface area contributed by atoms with Crippen LogP contribution < -0.4 is 5.73 Å². The van der Waals surface area contributed by atoms with Gasteiger partial charge in [-0.15, -0.1) is 0 Å². The van der Waals surface area contributed by atoms with E-state index in [1.54, 1.807) is 24.8 Å². The van der Waals surface area contributed by atoms with Crippen LogP contribution in [0.25, 0.3) is 16.9 Å². The Hall–Kier alpha value is -1.85. The Morgan fingerprint density at radius 2 is 2.00 bits per heavy atom. The zero-order valence-corrected chi connectivity index (χ0v) is 12.6. The molecule has 0 radical (unpaired) electrons. The molecule has 3 rings (SSSR count). The van der Waals surface area contributed by atoms with Gasteiger partial charge < -0.3 is 5.73 Å². The van der Waals surface area contributed by atoms with E-state index in [-0.39, 0.29) is 0 Å². The third-order valence-corrected chi connectivity index (χ3v) is 3.79. The lowest BCUT2D eigenvalue weighted by Gasteiger charge is -2.10. The molecule has 3 aromatic rings. The lowest BCUT2D eigenvalue weighted by Crippen LogP contribution is -1.97. The minimum atomic E-state index is 0.490. The van der Waals surface area contributed by atoms with Crippen LogP contribution in [0.1, 0.15) is 0 Å².